The smallest absolute Gasteiger partial charge is 0.244 e. The first-order valence-corrected chi connectivity index (χ1v) is 9.58. The third-order valence-corrected chi connectivity index (χ3v) is 4.34. The van der Waals surface area contributed by atoms with Crippen molar-refractivity contribution in [3.8, 4) is 22.9 Å². The molecule has 2 aromatic carbocycles. The molecule has 3 rings (SSSR count). The summed E-state index contributed by atoms with van der Waals surface area (Å²) in [4.78, 5) is 12.2. The molecule has 7 nitrogen and oxygen atoms in total. The highest BCUT2D eigenvalue weighted by Gasteiger charge is 2.05. The Morgan fingerprint density at radius 2 is 1.87 bits per heavy atom. The van der Waals surface area contributed by atoms with Crippen molar-refractivity contribution in [2.24, 2.45) is 0 Å². The lowest BCUT2D eigenvalue weighted by atomic mass is 10.2. The molecule has 0 fully saturated rings. The summed E-state index contributed by atoms with van der Waals surface area (Å²) in [6, 6.07) is 15.0. The molecule has 156 valence electrons. The van der Waals surface area contributed by atoms with Crippen molar-refractivity contribution in [3.05, 3.63) is 72.1 Å². The first-order chi connectivity index (χ1) is 14.6. The van der Waals surface area contributed by atoms with E-state index in [1.807, 2.05) is 61.7 Å². The minimum atomic E-state index is -0.207. The van der Waals surface area contributed by atoms with Crippen LogP contribution in [0.25, 0.3) is 11.8 Å². The minimum Gasteiger partial charge on any atom is -0.497 e. The van der Waals surface area contributed by atoms with Gasteiger partial charge in [0, 0.05) is 12.3 Å². The largest absolute Gasteiger partial charge is 0.497 e. The number of benzene rings is 2. The number of nitrogens with zero attached hydrogens (tertiary/aromatic N) is 2. The predicted molar refractivity (Wildman–Crippen MR) is 115 cm³/mol. The van der Waals surface area contributed by atoms with Gasteiger partial charge in [-0.1, -0.05) is 6.07 Å². The molecule has 0 aliphatic rings. The average molecular weight is 407 g/mol. The molecule has 0 atom stereocenters. The summed E-state index contributed by atoms with van der Waals surface area (Å²) in [6.45, 7) is 2.80. The number of amides is 1. The quantitative estimate of drug-likeness (QED) is 0.549. The molecule has 0 aliphatic heterocycles. The Hall–Kier alpha value is -3.74. The summed E-state index contributed by atoms with van der Waals surface area (Å²) in [5.41, 5.74) is 2.52. The highest BCUT2D eigenvalue weighted by Crippen LogP contribution is 2.28. The molecule has 1 amide bonds. The molecule has 0 aliphatic carbocycles. The van der Waals surface area contributed by atoms with Crippen LogP contribution in [0, 0.1) is 0 Å². The third kappa shape index (κ3) is 5.41. The Labute approximate surface area is 175 Å². The molecule has 0 bridgehead atoms. The fourth-order valence-corrected chi connectivity index (χ4v) is 2.81. The number of methoxy groups -OCH3 is 2. The lowest BCUT2D eigenvalue weighted by molar-refractivity contribution is -0.116. The maximum atomic E-state index is 12.2. The van der Waals surface area contributed by atoms with Crippen LogP contribution in [-0.4, -0.2) is 36.5 Å². The minimum absolute atomic E-state index is 0.207. The highest BCUT2D eigenvalue weighted by molar-refractivity contribution is 5.91. The van der Waals surface area contributed by atoms with Crippen molar-refractivity contribution < 1.29 is 19.0 Å². The highest BCUT2D eigenvalue weighted by atomic mass is 16.5. The summed E-state index contributed by atoms with van der Waals surface area (Å²) >= 11 is 0. The normalized spacial score (nSPS) is 10.8. The second kappa shape index (κ2) is 10.2. The van der Waals surface area contributed by atoms with Crippen molar-refractivity contribution in [2.75, 3.05) is 20.8 Å². The monoisotopic (exact) mass is 407 g/mol. The number of hydrogen-bond acceptors (Lipinski definition) is 5. The topological polar surface area (TPSA) is 74.6 Å². The van der Waals surface area contributed by atoms with E-state index in [4.69, 9.17) is 14.2 Å². The summed E-state index contributed by atoms with van der Waals surface area (Å²) < 4.78 is 17.7. The molecule has 3 aromatic rings. The van der Waals surface area contributed by atoms with Crippen LogP contribution < -0.4 is 19.5 Å². The van der Waals surface area contributed by atoms with Crippen molar-refractivity contribution in [2.45, 2.75) is 13.5 Å². The predicted octanol–water partition coefficient (Wildman–Crippen LogP) is 3.62. The van der Waals surface area contributed by atoms with Crippen LogP contribution in [0.3, 0.4) is 0 Å². The van der Waals surface area contributed by atoms with Gasteiger partial charge in [-0.15, -0.1) is 0 Å². The number of nitrogens with one attached hydrogen (secondary N) is 1. The van der Waals surface area contributed by atoms with E-state index in [9.17, 15) is 4.79 Å². The van der Waals surface area contributed by atoms with Crippen LogP contribution in [0.5, 0.6) is 17.2 Å². The van der Waals surface area contributed by atoms with Gasteiger partial charge in [-0.2, -0.15) is 5.10 Å². The van der Waals surface area contributed by atoms with E-state index in [2.05, 4.69) is 10.4 Å². The first kappa shape index (κ1) is 21.0. The summed E-state index contributed by atoms with van der Waals surface area (Å²) in [5, 5.41) is 7.32. The van der Waals surface area contributed by atoms with Crippen LogP contribution >= 0.6 is 0 Å². The van der Waals surface area contributed by atoms with Gasteiger partial charge >= 0.3 is 0 Å². The van der Waals surface area contributed by atoms with Crippen LogP contribution in [0.2, 0.25) is 0 Å². The fourth-order valence-electron chi connectivity index (χ4n) is 2.81. The lowest BCUT2D eigenvalue weighted by Gasteiger charge is -2.09. The molecule has 7 heteroatoms. The number of carbonyl (C=O) groups is 1. The standard InChI is InChI=1S/C23H25N3O4/c1-4-30-21-11-5-17(15-22(21)29-3)6-12-23(27)24-16-18-13-14-26(25-18)19-7-9-20(28-2)10-8-19/h5-15H,4,16H2,1-3H3,(H,24,27). The van der Waals surface area contributed by atoms with Gasteiger partial charge in [-0.3, -0.25) is 4.79 Å². The maximum Gasteiger partial charge on any atom is 0.244 e. The molecule has 0 saturated heterocycles. The zero-order valence-corrected chi connectivity index (χ0v) is 17.3. The van der Waals surface area contributed by atoms with Gasteiger partial charge in [0.25, 0.3) is 0 Å². The van der Waals surface area contributed by atoms with Gasteiger partial charge in [0.1, 0.15) is 5.75 Å². The second-order valence-electron chi connectivity index (χ2n) is 6.34. The van der Waals surface area contributed by atoms with Gasteiger partial charge in [0.2, 0.25) is 5.91 Å². The molecule has 0 radical (unpaired) electrons. The molecule has 30 heavy (non-hydrogen) atoms. The number of aromatic nitrogens is 2. The Bertz CT molecular complexity index is 1010. The van der Waals surface area contributed by atoms with Crippen molar-refractivity contribution >= 4 is 12.0 Å². The maximum absolute atomic E-state index is 12.2. The molecular weight excluding hydrogens is 382 g/mol. The Balaban J connectivity index is 1.56. The van der Waals surface area contributed by atoms with E-state index >= 15 is 0 Å². The van der Waals surface area contributed by atoms with Crippen LogP contribution in [0.15, 0.2) is 60.8 Å². The Morgan fingerprint density at radius 3 is 2.57 bits per heavy atom. The van der Waals surface area contributed by atoms with Crippen LogP contribution in [-0.2, 0) is 11.3 Å². The molecule has 1 N–H and O–H groups in total. The Morgan fingerprint density at radius 1 is 1.07 bits per heavy atom. The van der Waals surface area contributed by atoms with E-state index in [0.717, 1.165) is 22.7 Å². The van der Waals surface area contributed by atoms with E-state index in [-0.39, 0.29) is 5.91 Å². The van der Waals surface area contributed by atoms with Crippen molar-refractivity contribution in [3.63, 3.8) is 0 Å². The average Bonchev–Trinajstić information content (AvgIpc) is 3.26. The second-order valence-corrected chi connectivity index (χ2v) is 6.34. The zero-order valence-electron chi connectivity index (χ0n) is 17.3. The van der Waals surface area contributed by atoms with Gasteiger partial charge < -0.3 is 19.5 Å². The summed E-state index contributed by atoms with van der Waals surface area (Å²) in [5.74, 6) is 1.88. The SMILES string of the molecule is CCOc1ccc(C=CC(=O)NCc2ccn(-c3ccc(OC)cc3)n2)cc1OC. The molecule has 0 saturated carbocycles. The molecule has 0 spiro atoms. The molecule has 1 aromatic heterocycles. The number of ether oxygens (including phenoxy) is 3. The van der Waals surface area contributed by atoms with E-state index in [1.54, 1.807) is 25.0 Å². The zero-order chi connectivity index (χ0) is 21.3. The number of hydrogen-bond donors (Lipinski definition) is 1. The Kier molecular flexibility index (Phi) is 7.10. The lowest BCUT2D eigenvalue weighted by Crippen LogP contribution is -2.20. The van der Waals surface area contributed by atoms with E-state index in [0.29, 0.717) is 24.7 Å². The molecular formula is C23H25N3O4. The number of carbonyl (C=O) groups excluding carboxylic acids is 1. The van der Waals surface area contributed by atoms with E-state index < -0.39 is 0 Å². The van der Waals surface area contributed by atoms with Crippen LogP contribution in [0.4, 0.5) is 0 Å². The molecule has 1 heterocycles. The van der Waals surface area contributed by atoms with Gasteiger partial charge in [0.15, 0.2) is 11.5 Å². The van der Waals surface area contributed by atoms with E-state index in [1.165, 1.54) is 6.08 Å². The van der Waals surface area contributed by atoms with Crippen molar-refractivity contribution in [1.82, 2.24) is 15.1 Å². The number of rotatable bonds is 9. The first-order valence-electron chi connectivity index (χ1n) is 9.58. The third-order valence-electron chi connectivity index (χ3n) is 4.34. The van der Waals surface area contributed by atoms with Gasteiger partial charge in [0.05, 0.1) is 38.8 Å². The summed E-state index contributed by atoms with van der Waals surface area (Å²) in [6.07, 6.45) is 5.06. The molecule has 0 unspecified atom stereocenters. The fraction of sp³-hybridized carbons (Fsp3) is 0.217. The van der Waals surface area contributed by atoms with Crippen LogP contribution in [0.1, 0.15) is 18.2 Å². The summed E-state index contributed by atoms with van der Waals surface area (Å²) in [7, 11) is 3.22. The van der Waals surface area contributed by atoms with Crippen molar-refractivity contribution in [1.29, 1.82) is 0 Å². The van der Waals surface area contributed by atoms with Gasteiger partial charge in [-0.05, 0) is 61.0 Å². The van der Waals surface area contributed by atoms with Gasteiger partial charge in [-0.25, -0.2) is 4.68 Å².